The number of thiazole rings is 1. The molecule has 154 valence electrons. The van der Waals surface area contributed by atoms with Crippen molar-refractivity contribution in [2.24, 2.45) is 0 Å². The fourth-order valence-electron chi connectivity index (χ4n) is 2.77. The molecule has 0 spiro atoms. The molecule has 4 aromatic rings. The van der Waals surface area contributed by atoms with Crippen LogP contribution < -0.4 is 14.8 Å². The summed E-state index contributed by atoms with van der Waals surface area (Å²) < 4.78 is 16.3. The number of amides is 1. The number of nitrogens with one attached hydrogen (secondary N) is 1. The van der Waals surface area contributed by atoms with Gasteiger partial charge in [-0.3, -0.25) is 4.79 Å². The number of para-hydroxylation sites is 2. The number of thioether (sulfide) groups is 1. The van der Waals surface area contributed by atoms with E-state index >= 15 is 0 Å². The van der Waals surface area contributed by atoms with Gasteiger partial charge in [-0.15, -0.1) is 11.3 Å². The molecule has 0 radical (unpaired) electrons. The summed E-state index contributed by atoms with van der Waals surface area (Å²) in [5.41, 5.74) is 3.09. The van der Waals surface area contributed by atoms with Crippen molar-refractivity contribution < 1.29 is 18.7 Å². The first-order valence-electron chi connectivity index (χ1n) is 9.08. The van der Waals surface area contributed by atoms with Gasteiger partial charge in [0.1, 0.15) is 5.52 Å². The molecule has 30 heavy (non-hydrogen) atoms. The molecule has 1 N–H and O–H groups in total. The summed E-state index contributed by atoms with van der Waals surface area (Å²) in [5, 5.41) is 5.33. The Morgan fingerprint density at radius 1 is 1.13 bits per heavy atom. The number of aromatic nitrogens is 2. The molecule has 1 atom stereocenters. The van der Waals surface area contributed by atoms with Crippen LogP contribution in [0.15, 0.2) is 57.5 Å². The fourth-order valence-corrected chi connectivity index (χ4v) is 4.25. The lowest BCUT2D eigenvalue weighted by molar-refractivity contribution is -0.115. The summed E-state index contributed by atoms with van der Waals surface area (Å²) in [6.07, 6.45) is 0. The van der Waals surface area contributed by atoms with E-state index in [4.69, 9.17) is 13.9 Å². The summed E-state index contributed by atoms with van der Waals surface area (Å²) in [6, 6.07) is 13.1. The Hall–Kier alpha value is -3.04. The number of oxazole rings is 1. The summed E-state index contributed by atoms with van der Waals surface area (Å²) in [6.45, 7) is 1.80. The molecule has 2 aromatic carbocycles. The molecule has 2 aromatic heterocycles. The predicted octanol–water partition coefficient (Wildman–Crippen LogP) is 5.09. The van der Waals surface area contributed by atoms with Crippen LogP contribution in [-0.2, 0) is 4.79 Å². The standard InChI is InChI=1S/C21H19N3O4S2/c1-12(30-21-23-14-6-4-5-7-16(14)28-21)19(25)24-20-22-15(11-29-20)13-8-9-17(26-2)18(10-13)27-3/h4-12H,1-3H3,(H,22,24,25). The van der Waals surface area contributed by atoms with Crippen molar-refractivity contribution in [3.63, 3.8) is 0 Å². The van der Waals surface area contributed by atoms with Gasteiger partial charge in [-0.2, -0.15) is 0 Å². The van der Waals surface area contributed by atoms with Crippen LogP contribution >= 0.6 is 23.1 Å². The van der Waals surface area contributed by atoms with Gasteiger partial charge in [0.05, 0.1) is 25.2 Å². The Morgan fingerprint density at radius 3 is 2.70 bits per heavy atom. The maximum Gasteiger partial charge on any atom is 0.257 e. The van der Waals surface area contributed by atoms with Crippen LogP contribution in [0.25, 0.3) is 22.4 Å². The average Bonchev–Trinajstić information content (AvgIpc) is 3.39. The number of nitrogens with zero attached hydrogens (tertiary/aromatic N) is 2. The first-order valence-corrected chi connectivity index (χ1v) is 10.8. The summed E-state index contributed by atoms with van der Waals surface area (Å²) in [7, 11) is 3.18. The second kappa shape index (κ2) is 8.76. The Bertz CT molecular complexity index is 1150. The molecule has 1 amide bonds. The SMILES string of the molecule is COc1ccc(-c2csc(NC(=O)C(C)Sc3nc4ccccc4o3)n2)cc1OC. The first kappa shape index (κ1) is 20.2. The number of hydrogen-bond donors (Lipinski definition) is 1. The van der Waals surface area contributed by atoms with Crippen LogP contribution in [0.1, 0.15) is 6.92 Å². The highest BCUT2D eigenvalue weighted by atomic mass is 32.2. The van der Waals surface area contributed by atoms with Crippen LogP contribution in [0, 0.1) is 0 Å². The highest BCUT2D eigenvalue weighted by molar-refractivity contribution is 8.00. The Kier molecular flexibility index (Phi) is 5.91. The average molecular weight is 442 g/mol. The van der Waals surface area contributed by atoms with E-state index in [-0.39, 0.29) is 5.91 Å². The summed E-state index contributed by atoms with van der Waals surface area (Å²) in [4.78, 5) is 21.5. The Morgan fingerprint density at radius 2 is 1.93 bits per heavy atom. The molecule has 4 rings (SSSR count). The lowest BCUT2D eigenvalue weighted by Gasteiger charge is -2.08. The normalized spacial score (nSPS) is 12.0. The van der Waals surface area contributed by atoms with Gasteiger partial charge in [-0.25, -0.2) is 9.97 Å². The van der Waals surface area contributed by atoms with E-state index in [0.717, 1.165) is 16.8 Å². The number of hydrogen-bond acceptors (Lipinski definition) is 8. The lowest BCUT2D eigenvalue weighted by Crippen LogP contribution is -2.22. The fraction of sp³-hybridized carbons (Fsp3) is 0.190. The smallest absolute Gasteiger partial charge is 0.257 e. The minimum Gasteiger partial charge on any atom is -0.493 e. The monoisotopic (exact) mass is 441 g/mol. The van der Waals surface area contributed by atoms with Crippen molar-refractivity contribution in [1.29, 1.82) is 0 Å². The molecule has 0 bridgehead atoms. The number of benzene rings is 2. The van der Waals surface area contributed by atoms with Crippen LogP contribution in [0.2, 0.25) is 0 Å². The van der Waals surface area contributed by atoms with E-state index in [9.17, 15) is 4.79 Å². The molecule has 0 aliphatic rings. The first-order chi connectivity index (χ1) is 14.6. The molecular formula is C21H19N3O4S2. The van der Waals surface area contributed by atoms with Gasteiger partial charge in [0.15, 0.2) is 22.2 Å². The van der Waals surface area contributed by atoms with Gasteiger partial charge in [0, 0.05) is 10.9 Å². The van der Waals surface area contributed by atoms with Crippen LogP contribution in [0.5, 0.6) is 11.5 Å². The highest BCUT2D eigenvalue weighted by Crippen LogP contribution is 2.34. The van der Waals surface area contributed by atoms with Crippen molar-refractivity contribution in [3.8, 4) is 22.8 Å². The molecule has 0 saturated heterocycles. The minimum atomic E-state index is -0.397. The van der Waals surface area contributed by atoms with Gasteiger partial charge in [-0.05, 0) is 37.3 Å². The number of anilines is 1. The number of rotatable bonds is 7. The number of methoxy groups -OCH3 is 2. The maximum absolute atomic E-state index is 12.6. The molecule has 0 aliphatic carbocycles. The van der Waals surface area contributed by atoms with Crippen molar-refractivity contribution in [2.45, 2.75) is 17.4 Å². The molecule has 2 heterocycles. The number of ether oxygens (including phenoxy) is 2. The van der Waals surface area contributed by atoms with Gasteiger partial charge in [0.2, 0.25) is 5.91 Å². The van der Waals surface area contributed by atoms with Crippen molar-refractivity contribution in [2.75, 3.05) is 19.5 Å². The van der Waals surface area contributed by atoms with Crippen LogP contribution in [-0.4, -0.2) is 35.3 Å². The van der Waals surface area contributed by atoms with Gasteiger partial charge in [0.25, 0.3) is 5.22 Å². The summed E-state index contributed by atoms with van der Waals surface area (Å²) in [5.74, 6) is 1.10. The molecule has 7 nitrogen and oxygen atoms in total. The van der Waals surface area contributed by atoms with Crippen LogP contribution in [0.3, 0.4) is 0 Å². The van der Waals surface area contributed by atoms with Crippen molar-refractivity contribution >= 4 is 45.2 Å². The Balaban J connectivity index is 1.43. The molecule has 9 heteroatoms. The van der Waals surface area contributed by atoms with E-state index in [1.54, 1.807) is 21.1 Å². The van der Waals surface area contributed by atoms with E-state index in [0.29, 0.717) is 27.4 Å². The molecule has 0 saturated carbocycles. The number of carbonyl (C=O) groups excluding carboxylic acids is 1. The zero-order valence-corrected chi connectivity index (χ0v) is 18.2. The zero-order valence-electron chi connectivity index (χ0n) is 16.5. The number of carbonyl (C=O) groups is 1. The van der Waals surface area contributed by atoms with Crippen molar-refractivity contribution in [1.82, 2.24) is 9.97 Å². The molecule has 0 aliphatic heterocycles. The van der Waals surface area contributed by atoms with Gasteiger partial charge in [-0.1, -0.05) is 23.9 Å². The molecule has 0 fully saturated rings. The Labute approximate surface area is 181 Å². The predicted molar refractivity (Wildman–Crippen MR) is 119 cm³/mol. The van der Waals surface area contributed by atoms with Crippen molar-refractivity contribution in [3.05, 3.63) is 47.8 Å². The third-order valence-corrected chi connectivity index (χ3v) is 6.04. The molecular weight excluding hydrogens is 422 g/mol. The topological polar surface area (TPSA) is 86.5 Å². The third-order valence-electron chi connectivity index (χ3n) is 4.33. The second-order valence-corrected chi connectivity index (χ2v) is 8.45. The zero-order chi connectivity index (χ0) is 21.1. The third kappa shape index (κ3) is 4.27. The number of fused-ring (bicyclic) bond motifs is 1. The molecule has 1 unspecified atom stereocenters. The maximum atomic E-state index is 12.6. The largest absolute Gasteiger partial charge is 0.493 e. The quantitative estimate of drug-likeness (QED) is 0.400. The van der Waals surface area contributed by atoms with Gasteiger partial charge >= 0.3 is 0 Å². The van der Waals surface area contributed by atoms with E-state index in [1.165, 1.54) is 23.1 Å². The highest BCUT2D eigenvalue weighted by Gasteiger charge is 2.19. The lowest BCUT2D eigenvalue weighted by atomic mass is 10.1. The minimum absolute atomic E-state index is 0.171. The van der Waals surface area contributed by atoms with E-state index in [1.807, 2.05) is 47.8 Å². The summed E-state index contributed by atoms with van der Waals surface area (Å²) >= 11 is 2.63. The van der Waals surface area contributed by atoms with E-state index < -0.39 is 5.25 Å². The van der Waals surface area contributed by atoms with Crippen LogP contribution in [0.4, 0.5) is 5.13 Å². The second-order valence-electron chi connectivity index (χ2n) is 6.30. The van der Waals surface area contributed by atoms with E-state index in [2.05, 4.69) is 15.3 Å². The van der Waals surface area contributed by atoms with Gasteiger partial charge < -0.3 is 19.2 Å².